The lowest BCUT2D eigenvalue weighted by atomic mass is 10.1. The summed E-state index contributed by atoms with van der Waals surface area (Å²) in [5, 5.41) is 1.23. The van der Waals surface area contributed by atoms with E-state index < -0.39 is 17.7 Å². The number of amides is 2. The molecule has 2 fully saturated rings. The van der Waals surface area contributed by atoms with Gasteiger partial charge in [-0.25, -0.2) is 9.78 Å². The van der Waals surface area contributed by atoms with Crippen LogP contribution in [0.25, 0.3) is 11.0 Å². The van der Waals surface area contributed by atoms with Gasteiger partial charge >= 0.3 is 6.09 Å². The second-order valence-electron chi connectivity index (χ2n) is 11.8. The maximum Gasteiger partial charge on any atom is 0.410 e. The molecule has 0 N–H and O–H groups in total. The molecule has 5 rings (SSSR count). The minimum Gasteiger partial charge on any atom is -0.444 e. The molecular formula is C30H37Cl2N5O3. The van der Waals surface area contributed by atoms with E-state index in [9.17, 15) is 9.59 Å². The van der Waals surface area contributed by atoms with Gasteiger partial charge in [-0.05, 0) is 83.4 Å². The standard InChI is InChI=1S/C30H37Cl2N5O3/c1-19-17-34(28(38)26-7-6-12-36(26)29(39)40-30(3,4)5)13-14-35(19)22-9-11-25-27(16-22)37(18-33-25)20(2)23-10-8-21(31)15-24(23)32/h8-11,15-16,18-20,26H,6-7,12-14,17H2,1-5H3/t19-,20-,26-/m1/s1. The number of hydrogen-bond donors (Lipinski definition) is 0. The van der Waals surface area contributed by atoms with Crippen molar-refractivity contribution < 1.29 is 14.3 Å². The Labute approximate surface area is 245 Å². The van der Waals surface area contributed by atoms with Gasteiger partial charge in [0.2, 0.25) is 5.91 Å². The predicted molar refractivity (Wildman–Crippen MR) is 159 cm³/mol. The smallest absolute Gasteiger partial charge is 0.410 e. The molecule has 8 nitrogen and oxygen atoms in total. The Bertz CT molecular complexity index is 1420. The Morgan fingerprint density at radius 2 is 1.85 bits per heavy atom. The van der Waals surface area contributed by atoms with E-state index >= 15 is 0 Å². The Hall–Kier alpha value is -2.97. The summed E-state index contributed by atoms with van der Waals surface area (Å²) in [7, 11) is 0. The number of likely N-dealkylation sites (tertiary alicyclic amines) is 1. The highest BCUT2D eigenvalue weighted by molar-refractivity contribution is 6.35. The van der Waals surface area contributed by atoms with E-state index in [2.05, 4.69) is 40.4 Å². The summed E-state index contributed by atoms with van der Waals surface area (Å²) < 4.78 is 7.70. The molecule has 0 bridgehead atoms. The van der Waals surface area contributed by atoms with E-state index in [1.165, 1.54) is 0 Å². The third-order valence-electron chi connectivity index (χ3n) is 7.82. The van der Waals surface area contributed by atoms with Crippen LogP contribution in [-0.2, 0) is 9.53 Å². The number of aromatic nitrogens is 2. The first-order valence-corrected chi connectivity index (χ1v) is 14.6. The first-order valence-electron chi connectivity index (χ1n) is 13.9. The van der Waals surface area contributed by atoms with Crippen LogP contribution in [0.1, 0.15) is 59.1 Å². The van der Waals surface area contributed by atoms with E-state index in [4.69, 9.17) is 27.9 Å². The van der Waals surface area contributed by atoms with Crippen LogP contribution in [0.2, 0.25) is 10.0 Å². The molecule has 2 saturated heterocycles. The average Bonchev–Trinajstić information content (AvgIpc) is 3.54. The number of hydrogen-bond acceptors (Lipinski definition) is 5. The predicted octanol–water partition coefficient (Wildman–Crippen LogP) is 6.39. The summed E-state index contributed by atoms with van der Waals surface area (Å²) in [6, 6.07) is 11.5. The van der Waals surface area contributed by atoms with Crippen LogP contribution >= 0.6 is 23.2 Å². The molecule has 3 heterocycles. The Morgan fingerprint density at radius 1 is 1.07 bits per heavy atom. The number of carbonyl (C=O) groups is 2. The van der Waals surface area contributed by atoms with Crippen LogP contribution in [0, 0.1) is 0 Å². The molecular weight excluding hydrogens is 549 g/mol. The fourth-order valence-electron chi connectivity index (χ4n) is 5.81. The zero-order valence-electron chi connectivity index (χ0n) is 23.7. The SMILES string of the molecule is C[C@@H]1CN(C(=O)[C@H]2CCCN2C(=O)OC(C)(C)C)CCN1c1ccc2ncn([C@H](C)c3ccc(Cl)cc3Cl)c2c1. The molecule has 3 aromatic rings. The lowest BCUT2D eigenvalue weighted by Gasteiger charge is -2.42. The summed E-state index contributed by atoms with van der Waals surface area (Å²) in [5.41, 5.74) is 3.39. The third kappa shape index (κ3) is 5.75. The van der Waals surface area contributed by atoms with Crippen molar-refractivity contribution in [3.8, 4) is 0 Å². The van der Waals surface area contributed by atoms with Gasteiger partial charge in [-0.1, -0.05) is 29.3 Å². The van der Waals surface area contributed by atoms with Crippen molar-refractivity contribution in [2.75, 3.05) is 31.1 Å². The Balaban J connectivity index is 1.31. The van der Waals surface area contributed by atoms with E-state index in [1.807, 2.05) is 50.2 Å². The summed E-state index contributed by atoms with van der Waals surface area (Å²) in [6.45, 7) is 12.2. The number of piperazine rings is 1. The zero-order valence-corrected chi connectivity index (χ0v) is 25.2. The van der Waals surface area contributed by atoms with Gasteiger partial charge in [0, 0.05) is 48.0 Å². The monoisotopic (exact) mass is 585 g/mol. The van der Waals surface area contributed by atoms with E-state index in [-0.39, 0.29) is 18.0 Å². The molecule has 0 spiro atoms. The Morgan fingerprint density at radius 3 is 2.55 bits per heavy atom. The van der Waals surface area contributed by atoms with Gasteiger partial charge in [0.15, 0.2) is 0 Å². The highest BCUT2D eigenvalue weighted by Crippen LogP contribution is 2.33. The number of carbonyl (C=O) groups excluding carboxylic acids is 2. The fraction of sp³-hybridized carbons (Fsp3) is 0.500. The number of halogens is 2. The minimum absolute atomic E-state index is 0.0112. The van der Waals surface area contributed by atoms with E-state index in [0.717, 1.165) is 28.7 Å². The lowest BCUT2D eigenvalue weighted by Crippen LogP contribution is -2.57. The lowest BCUT2D eigenvalue weighted by molar-refractivity contribution is -0.136. The van der Waals surface area contributed by atoms with Gasteiger partial charge in [0.25, 0.3) is 0 Å². The first kappa shape index (κ1) is 28.6. The molecule has 2 aliphatic rings. The van der Waals surface area contributed by atoms with Gasteiger partial charge in [-0.3, -0.25) is 9.69 Å². The number of anilines is 1. The second-order valence-corrected chi connectivity index (χ2v) is 12.7. The van der Waals surface area contributed by atoms with Crippen molar-refractivity contribution in [1.29, 1.82) is 0 Å². The van der Waals surface area contributed by atoms with Crippen LogP contribution in [0.5, 0.6) is 0 Å². The number of imidazole rings is 1. The van der Waals surface area contributed by atoms with E-state index in [1.54, 1.807) is 11.0 Å². The number of nitrogens with zero attached hydrogens (tertiary/aromatic N) is 5. The molecule has 10 heteroatoms. The van der Waals surface area contributed by atoms with Crippen molar-refractivity contribution >= 4 is 51.9 Å². The van der Waals surface area contributed by atoms with Gasteiger partial charge in [-0.2, -0.15) is 0 Å². The molecule has 214 valence electrons. The minimum atomic E-state index is -0.594. The molecule has 3 atom stereocenters. The highest BCUT2D eigenvalue weighted by Gasteiger charge is 2.40. The largest absolute Gasteiger partial charge is 0.444 e. The normalized spacial score (nSPS) is 20.7. The van der Waals surface area contributed by atoms with Crippen LogP contribution in [0.15, 0.2) is 42.7 Å². The number of benzene rings is 2. The molecule has 0 aliphatic carbocycles. The molecule has 0 unspecified atom stereocenters. The van der Waals surface area contributed by atoms with Gasteiger partial charge in [-0.15, -0.1) is 0 Å². The van der Waals surface area contributed by atoms with Gasteiger partial charge in [0.05, 0.1) is 23.4 Å². The number of rotatable bonds is 4. The number of fused-ring (bicyclic) bond motifs is 1. The molecule has 0 saturated carbocycles. The number of ether oxygens (including phenoxy) is 1. The average molecular weight is 587 g/mol. The van der Waals surface area contributed by atoms with Gasteiger partial charge < -0.3 is 19.1 Å². The molecule has 0 radical (unpaired) electrons. The summed E-state index contributed by atoms with van der Waals surface area (Å²) in [4.78, 5) is 36.8. The molecule has 40 heavy (non-hydrogen) atoms. The molecule has 2 amide bonds. The van der Waals surface area contributed by atoms with E-state index in [0.29, 0.717) is 42.6 Å². The van der Waals surface area contributed by atoms with Crippen molar-refractivity contribution in [2.45, 2.75) is 71.2 Å². The zero-order chi connectivity index (χ0) is 28.8. The second kappa shape index (κ2) is 11.1. The third-order valence-corrected chi connectivity index (χ3v) is 8.39. The van der Waals surface area contributed by atoms with Crippen LogP contribution in [0.4, 0.5) is 10.5 Å². The van der Waals surface area contributed by atoms with Crippen molar-refractivity contribution in [1.82, 2.24) is 19.4 Å². The van der Waals surface area contributed by atoms with Crippen molar-refractivity contribution in [3.63, 3.8) is 0 Å². The van der Waals surface area contributed by atoms with Crippen molar-refractivity contribution in [2.24, 2.45) is 0 Å². The topological polar surface area (TPSA) is 70.9 Å². The van der Waals surface area contributed by atoms with Crippen LogP contribution in [-0.4, -0.2) is 75.2 Å². The highest BCUT2D eigenvalue weighted by atomic mass is 35.5. The molecule has 2 aliphatic heterocycles. The maximum absolute atomic E-state index is 13.5. The van der Waals surface area contributed by atoms with Crippen LogP contribution in [0.3, 0.4) is 0 Å². The quantitative estimate of drug-likeness (QED) is 0.355. The van der Waals surface area contributed by atoms with Gasteiger partial charge in [0.1, 0.15) is 11.6 Å². The van der Waals surface area contributed by atoms with Crippen molar-refractivity contribution in [3.05, 3.63) is 58.3 Å². The maximum atomic E-state index is 13.5. The summed E-state index contributed by atoms with van der Waals surface area (Å²) in [5.74, 6) is 0.0112. The molecule has 1 aromatic heterocycles. The molecule has 2 aromatic carbocycles. The fourth-order valence-corrected chi connectivity index (χ4v) is 6.37. The first-order chi connectivity index (χ1) is 18.9. The summed E-state index contributed by atoms with van der Waals surface area (Å²) >= 11 is 12.6. The Kier molecular flexibility index (Phi) is 7.94. The summed E-state index contributed by atoms with van der Waals surface area (Å²) in [6.07, 6.45) is 2.91. The van der Waals surface area contributed by atoms with Crippen LogP contribution < -0.4 is 4.90 Å².